The molecule has 3 rings (SSSR count). The molecule has 0 radical (unpaired) electrons. The number of ether oxygens (including phenoxy) is 2. The van der Waals surface area contributed by atoms with Gasteiger partial charge in [-0.3, -0.25) is 0 Å². The van der Waals surface area contributed by atoms with Gasteiger partial charge in [-0.2, -0.15) is 0 Å². The summed E-state index contributed by atoms with van der Waals surface area (Å²) >= 11 is 0. The maximum absolute atomic E-state index is 5.36. The topological polar surface area (TPSA) is 56.1 Å². The minimum absolute atomic E-state index is 0. The molecule has 2 aliphatic heterocycles. The van der Waals surface area contributed by atoms with Gasteiger partial charge in [0.1, 0.15) is 24.6 Å². The molecule has 9 heteroatoms. The second kappa shape index (κ2) is 10.2. The maximum Gasteiger partial charge on any atom is 3.00 e. The number of aliphatic imine (C=N–C) groups is 2. The average molecular weight is 383 g/mol. The van der Waals surface area contributed by atoms with Crippen molar-refractivity contribution in [3.05, 3.63) is 29.6 Å². The second-order valence-corrected chi connectivity index (χ2v) is 3.48. The van der Waals surface area contributed by atoms with Gasteiger partial charge in [0.15, 0.2) is 0 Å². The van der Waals surface area contributed by atoms with E-state index in [-0.39, 0.29) is 54.0 Å². The summed E-state index contributed by atoms with van der Waals surface area (Å²) in [7, 11) is 0. The third-order valence-electron chi connectivity index (χ3n) is 2.36. The molecule has 0 N–H and O–H groups in total. The monoisotopic (exact) mass is 381 g/mol. The second-order valence-electron chi connectivity index (χ2n) is 3.48. The van der Waals surface area contributed by atoms with Gasteiger partial charge in [0.05, 0.1) is 13.1 Å². The Morgan fingerprint density at radius 3 is 1.60 bits per heavy atom. The van der Waals surface area contributed by atoms with E-state index in [1.165, 1.54) is 0 Å². The van der Waals surface area contributed by atoms with E-state index in [1.54, 1.807) is 0 Å². The molecule has 2 aliphatic rings. The Morgan fingerprint density at radius 1 is 0.800 bits per heavy atom. The Labute approximate surface area is 146 Å². The normalized spacial score (nSPS) is 15.0. The van der Waals surface area contributed by atoms with E-state index in [0.29, 0.717) is 38.1 Å². The molecule has 0 fully saturated rings. The summed E-state index contributed by atoms with van der Waals surface area (Å²) in [6.45, 7) is 2.69. The van der Waals surface area contributed by atoms with E-state index in [0.717, 1.165) is 11.4 Å². The molecular weight excluding hydrogens is 371 g/mol. The van der Waals surface area contributed by atoms with Crippen LogP contribution in [0, 0.1) is 0 Å². The standard InChI is InChI=1S/C11H11N3O2.3ClH.Co/c1-2-8(10-12-4-6-15-10)14-9(3-1)11-13-5-7-16-11;;;;/h1-3H,4-7H2;3*1H;/q;;;;+3/p-3. The molecule has 0 amide bonds. The van der Waals surface area contributed by atoms with E-state index in [4.69, 9.17) is 9.47 Å². The van der Waals surface area contributed by atoms with Gasteiger partial charge in [0.25, 0.3) is 0 Å². The van der Waals surface area contributed by atoms with Gasteiger partial charge in [-0.05, 0) is 12.1 Å². The SMILES string of the molecule is [Cl-].[Cl-].[Cl-].[Co+3].c1cc(C2=NCCO2)nc(C2=NCCO2)c1. The quantitative estimate of drug-likeness (QED) is 0.511. The third kappa shape index (κ3) is 4.78. The molecule has 0 aliphatic carbocycles. The van der Waals surface area contributed by atoms with Gasteiger partial charge in [-0.15, -0.1) is 0 Å². The van der Waals surface area contributed by atoms with Crippen LogP contribution in [0.25, 0.3) is 0 Å². The number of hydrogen-bond acceptors (Lipinski definition) is 5. The van der Waals surface area contributed by atoms with E-state index >= 15 is 0 Å². The predicted molar refractivity (Wildman–Crippen MR) is 58.9 cm³/mol. The van der Waals surface area contributed by atoms with Crippen LogP contribution in [0.2, 0.25) is 0 Å². The van der Waals surface area contributed by atoms with Crippen molar-refractivity contribution in [1.82, 2.24) is 4.98 Å². The van der Waals surface area contributed by atoms with Crippen LogP contribution in [-0.2, 0) is 26.3 Å². The van der Waals surface area contributed by atoms with Crippen LogP contribution >= 0.6 is 0 Å². The first kappa shape index (κ1) is 21.8. The van der Waals surface area contributed by atoms with Crippen molar-refractivity contribution in [2.24, 2.45) is 9.98 Å². The van der Waals surface area contributed by atoms with Crippen LogP contribution in [0.1, 0.15) is 11.4 Å². The zero-order valence-electron chi connectivity index (χ0n) is 10.2. The van der Waals surface area contributed by atoms with Gasteiger partial charge in [-0.1, -0.05) is 6.07 Å². The van der Waals surface area contributed by atoms with Gasteiger partial charge < -0.3 is 46.7 Å². The van der Waals surface area contributed by atoms with Crippen LogP contribution in [0.4, 0.5) is 0 Å². The summed E-state index contributed by atoms with van der Waals surface area (Å²) in [5, 5.41) is 0. The Morgan fingerprint density at radius 2 is 1.25 bits per heavy atom. The summed E-state index contributed by atoms with van der Waals surface area (Å²) in [6, 6.07) is 5.67. The number of hydrogen-bond donors (Lipinski definition) is 0. The van der Waals surface area contributed by atoms with Gasteiger partial charge in [0.2, 0.25) is 11.8 Å². The molecule has 1 aromatic rings. The number of nitrogens with zero attached hydrogens (tertiary/aromatic N) is 3. The summed E-state index contributed by atoms with van der Waals surface area (Å²) in [4.78, 5) is 12.9. The van der Waals surface area contributed by atoms with Crippen molar-refractivity contribution in [2.75, 3.05) is 26.3 Å². The molecule has 112 valence electrons. The van der Waals surface area contributed by atoms with Crippen LogP contribution in [-0.4, -0.2) is 43.1 Å². The Hall–Kier alpha value is -0.534. The summed E-state index contributed by atoms with van der Waals surface area (Å²) in [6.07, 6.45) is 0. The number of rotatable bonds is 2. The van der Waals surface area contributed by atoms with Crippen molar-refractivity contribution in [1.29, 1.82) is 0 Å². The summed E-state index contributed by atoms with van der Waals surface area (Å²) in [5.74, 6) is 1.22. The van der Waals surface area contributed by atoms with E-state index in [9.17, 15) is 0 Å². The molecule has 1 aromatic heterocycles. The average Bonchev–Trinajstić information content (AvgIpc) is 3.03. The van der Waals surface area contributed by atoms with Gasteiger partial charge in [-0.25, -0.2) is 15.0 Å². The zero-order valence-corrected chi connectivity index (χ0v) is 13.5. The Balaban J connectivity index is 0. The van der Waals surface area contributed by atoms with E-state index < -0.39 is 0 Å². The largest absolute Gasteiger partial charge is 3.00 e. The van der Waals surface area contributed by atoms with Crippen molar-refractivity contribution in [3.8, 4) is 0 Å². The first-order valence-corrected chi connectivity index (χ1v) is 5.26. The van der Waals surface area contributed by atoms with Crippen molar-refractivity contribution in [3.63, 3.8) is 0 Å². The minimum Gasteiger partial charge on any atom is -1.00 e. The molecule has 0 aromatic carbocycles. The summed E-state index contributed by atoms with van der Waals surface area (Å²) in [5.41, 5.74) is 1.49. The fraction of sp³-hybridized carbons (Fsp3) is 0.364. The van der Waals surface area contributed by atoms with Crippen LogP contribution < -0.4 is 37.2 Å². The predicted octanol–water partition coefficient (Wildman–Crippen LogP) is -8.36. The Bertz CT molecular complexity index is 446. The molecule has 0 bridgehead atoms. The first-order valence-electron chi connectivity index (χ1n) is 5.26. The molecule has 0 spiro atoms. The van der Waals surface area contributed by atoms with E-state index in [1.807, 2.05) is 18.2 Å². The molecular formula is C11H11Cl3CoN3O2. The maximum atomic E-state index is 5.36. The van der Waals surface area contributed by atoms with Crippen LogP contribution in [0.3, 0.4) is 0 Å². The smallest absolute Gasteiger partial charge is 1.00 e. The van der Waals surface area contributed by atoms with Gasteiger partial charge >= 0.3 is 16.8 Å². The zero-order chi connectivity index (χ0) is 10.8. The molecule has 0 atom stereocenters. The molecule has 0 unspecified atom stereocenters. The van der Waals surface area contributed by atoms with Crippen LogP contribution in [0.5, 0.6) is 0 Å². The first-order chi connectivity index (χ1) is 7.93. The molecule has 3 heterocycles. The molecule has 20 heavy (non-hydrogen) atoms. The van der Waals surface area contributed by atoms with Crippen molar-refractivity contribution >= 4 is 11.8 Å². The van der Waals surface area contributed by atoms with Crippen molar-refractivity contribution in [2.45, 2.75) is 0 Å². The van der Waals surface area contributed by atoms with E-state index in [2.05, 4.69) is 15.0 Å². The summed E-state index contributed by atoms with van der Waals surface area (Å²) < 4.78 is 10.7. The number of pyridine rings is 1. The molecule has 5 nitrogen and oxygen atoms in total. The molecule has 0 saturated heterocycles. The molecule has 0 saturated carbocycles. The van der Waals surface area contributed by atoms with Crippen molar-refractivity contribution < 1.29 is 63.5 Å². The third-order valence-corrected chi connectivity index (χ3v) is 2.36. The number of halogens is 3. The Kier molecular flexibility index (Phi) is 11.1. The fourth-order valence-corrected chi connectivity index (χ4v) is 1.65. The fourth-order valence-electron chi connectivity index (χ4n) is 1.65. The van der Waals surface area contributed by atoms with Crippen LogP contribution in [0.15, 0.2) is 28.2 Å². The van der Waals surface area contributed by atoms with Gasteiger partial charge in [0, 0.05) is 0 Å². The minimum atomic E-state index is 0. The number of aromatic nitrogens is 1.